The first-order valence-electron chi connectivity index (χ1n) is 9.84. The first-order valence-corrected chi connectivity index (χ1v) is 9.84. The summed E-state index contributed by atoms with van der Waals surface area (Å²) in [6.45, 7) is 8.40. The van der Waals surface area contributed by atoms with E-state index in [4.69, 9.17) is 24.0 Å². The Kier molecular flexibility index (Phi) is 6.20. The Morgan fingerprint density at radius 3 is 2.57 bits per heavy atom. The molecule has 1 saturated heterocycles. The summed E-state index contributed by atoms with van der Waals surface area (Å²) < 4.78 is 16.7. The molecule has 0 radical (unpaired) electrons. The number of carboxylic acid groups (broad SMARTS) is 1. The summed E-state index contributed by atoms with van der Waals surface area (Å²) in [5.41, 5.74) is 4.44. The third-order valence-corrected chi connectivity index (χ3v) is 5.36. The molecule has 0 saturated carbocycles. The predicted molar refractivity (Wildman–Crippen MR) is 105 cm³/mol. The van der Waals surface area contributed by atoms with Gasteiger partial charge < -0.3 is 19.0 Å². The molecule has 1 N–H and O–H groups in total. The van der Waals surface area contributed by atoms with Crippen LogP contribution >= 0.6 is 0 Å². The zero-order chi connectivity index (χ0) is 20.3. The van der Waals surface area contributed by atoms with E-state index in [9.17, 15) is 4.79 Å². The molecule has 0 bridgehead atoms. The molecule has 1 aromatic carbocycles. The van der Waals surface area contributed by atoms with Gasteiger partial charge in [-0.2, -0.15) is 0 Å². The van der Waals surface area contributed by atoms with Gasteiger partial charge in [0.25, 0.3) is 5.79 Å². The van der Waals surface area contributed by atoms with Crippen molar-refractivity contribution in [1.82, 2.24) is 4.98 Å². The summed E-state index contributed by atoms with van der Waals surface area (Å²) in [6.07, 6.45) is 3.80. The van der Waals surface area contributed by atoms with Crippen LogP contribution in [0.25, 0.3) is 11.5 Å². The van der Waals surface area contributed by atoms with E-state index in [1.54, 1.807) is 0 Å². The minimum Gasteiger partial charge on any atom is -0.477 e. The first kappa shape index (κ1) is 20.6. The highest BCUT2D eigenvalue weighted by Gasteiger charge is 2.40. The Hall–Kier alpha value is -2.18. The fraction of sp³-hybridized carbons (Fsp3) is 0.545. The van der Waals surface area contributed by atoms with Crippen molar-refractivity contribution in [3.05, 3.63) is 40.8 Å². The first-order chi connectivity index (χ1) is 13.3. The number of aliphatic carboxylic acids is 1. The number of carbonyl (C=O) groups is 1. The van der Waals surface area contributed by atoms with E-state index in [2.05, 4.69) is 32.0 Å². The van der Waals surface area contributed by atoms with Crippen molar-refractivity contribution in [1.29, 1.82) is 0 Å². The van der Waals surface area contributed by atoms with Gasteiger partial charge in [-0.15, -0.1) is 0 Å². The molecule has 0 amide bonds. The van der Waals surface area contributed by atoms with E-state index in [1.807, 2.05) is 6.92 Å². The van der Waals surface area contributed by atoms with Gasteiger partial charge in [0, 0.05) is 18.4 Å². The van der Waals surface area contributed by atoms with Gasteiger partial charge in [0.1, 0.15) is 5.76 Å². The predicted octanol–water partition coefficient (Wildman–Crippen LogP) is 4.44. The van der Waals surface area contributed by atoms with E-state index >= 15 is 0 Å². The highest BCUT2D eigenvalue weighted by molar-refractivity contribution is 5.75. The number of benzene rings is 1. The van der Waals surface area contributed by atoms with Crippen LogP contribution in [-0.4, -0.2) is 35.1 Å². The monoisotopic (exact) mass is 387 g/mol. The van der Waals surface area contributed by atoms with Crippen LogP contribution in [0.1, 0.15) is 48.8 Å². The Balaban J connectivity index is 1.48. The van der Waals surface area contributed by atoms with E-state index in [0.717, 1.165) is 42.7 Å². The van der Waals surface area contributed by atoms with Crippen molar-refractivity contribution in [3.8, 4) is 11.5 Å². The molecule has 3 rings (SSSR count). The molecule has 152 valence electrons. The molecule has 1 aliphatic rings. The van der Waals surface area contributed by atoms with Crippen molar-refractivity contribution >= 4 is 5.97 Å². The molecule has 28 heavy (non-hydrogen) atoms. The third kappa shape index (κ3) is 4.62. The SMILES string of the molecule is Cc1ccc(-c2nc(CCCC[C@H]3CO[C@@](C)(C(=O)O)OC3)c(C)o2)c(C)c1. The summed E-state index contributed by atoms with van der Waals surface area (Å²) in [4.78, 5) is 15.8. The number of carboxylic acids is 1. The number of oxazole rings is 1. The van der Waals surface area contributed by atoms with Crippen LogP contribution in [0, 0.1) is 26.7 Å². The molecule has 2 aromatic rings. The fourth-order valence-electron chi connectivity index (χ4n) is 3.49. The molecular formula is C22H29NO5. The lowest BCUT2D eigenvalue weighted by Gasteiger charge is -2.34. The van der Waals surface area contributed by atoms with Crippen molar-refractivity contribution in [3.63, 3.8) is 0 Å². The van der Waals surface area contributed by atoms with Crippen molar-refractivity contribution in [2.45, 2.75) is 59.2 Å². The smallest absolute Gasteiger partial charge is 0.364 e. The van der Waals surface area contributed by atoms with Crippen LogP contribution in [0.5, 0.6) is 0 Å². The molecule has 2 heterocycles. The van der Waals surface area contributed by atoms with Gasteiger partial charge in [0.05, 0.1) is 18.9 Å². The Morgan fingerprint density at radius 2 is 1.93 bits per heavy atom. The minimum absolute atomic E-state index is 0.233. The lowest BCUT2D eigenvalue weighted by atomic mass is 10.0. The van der Waals surface area contributed by atoms with Crippen LogP contribution in [-0.2, 0) is 20.7 Å². The van der Waals surface area contributed by atoms with E-state index in [1.165, 1.54) is 18.1 Å². The molecule has 6 nitrogen and oxygen atoms in total. The zero-order valence-corrected chi connectivity index (χ0v) is 17.1. The topological polar surface area (TPSA) is 81.8 Å². The molecule has 1 fully saturated rings. The second-order valence-electron chi connectivity index (χ2n) is 7.82. The van der Waals surface area contributed by atoms with Crippen LogP contribution in [0.3, 0.4) is 0 Å². The van der Waals surface area contributed by atoms with Gasteiger partial charge in [-0.25, -0.2) is 9.78 Å². The molecule has 6 heteroatoms. The van der Waals surface area contributed by atoms with Crippen LogP contribution in [0.15, 0.2) is 22.6 Å². The Bertz CT molecular complexity index is 833. The fourth-order valence-corrected chi connectivity index (χ4v) is 3.49. The maximum atomic E-state index is 11.1. The number of aryl methyl sites for hydroxylation is 4. The summed E-state index contributed by atoms with van der Waals surface area (Å²) in [6, 6.07) is 6.27. The number of aromatic nitrogens is 1. The quantitative estimate of drug-likeness (QED) is 0.707. The second-order valence-corrected chi connectivity index (χ2v) is 7.82. The van der Waals surface area contributed by atoms with Crippen LogP contribution < -0.4 is 0 Å². The molecule has 0 atom stereocenters. The molecule has 0 unspecified atom stereocenters. The molecule has 0 aliphatic carbocycles. The molecule has 0 spiro atoms. The van der Waals surface area contributed by atoms with E-state index < -0.39 is 11.8 Å². The number of nitrogens with zero attached hydrogens (tertiary/aromatic N) is 1. The summed E-state index contributed by atoms with van der Waals surface area (Å²) in [7, 11) is 0. The van der Waals surface area contributed by atoms with Gasteiger partial charge in [0.2, 0.25) is 5.89 Å². The number of ether oxygens (including phenoxy) is 2. The highest BCUT2D eigenvalue weighted by Crippen LogP contribution is 2.27. The average Bonchev–Trinajstić information content (AvgIpc) is 3.00. The van der Waals surface area contributed by atoms with Crippen molar-refractivity contribution in [2.24, 2.45) is 5.92 Å². The lowest BCUT2D eigenvalue weighted by molar-refractivity contribution is -0.271. The van der Waals surface area contributed by atoms with Crippen LogP contribution in [0.4, 0.5) is 0 Å². The van der Waals surface area contributed by atoms with Gasteiger partial charge in [0.15, 0.2) is 0 Å². The van der Waals surface area contributed by atoms with E-state index in [0.29, 0.717) is 19.1 Å². The molecule has 1 aromatic heterocycles. The zero-order valence-electron chi connectivity index (χ0n) is 17.1. The number of unbranched alkanes of at least 4 members (excludes halogenated alkanes) is 1. The highest BCUT2D eigenvalue weighted by atomic mass is 16.7. The maximum Gasteiger partial charge on any atom is 0.364 e. The number of hydrogen-bond acceptors (Lipinski definition) is 5. The van der Waals surface area contributed by atoms with Crippen molar-refractivity contribution < 1.29 is 23.8 Å². The molecular weight excluding hydrogens is 358 g/mol. The molecule has 1 aliphatic heterocycles. The summed E-state index contributed by atoms with van der Waals surface area (Å²) in [5, 5.41) is 9.10. The largest absolute Gasteiger partial charge is 0.477 e. The van der Waals surface area contributed by atoms with Crippen LogP contribution in [0.2, 0.25) is 0 Å². The van der Waals surface area contributed by atoms with Gasteiger partial charge >= 0.3 is 5.97 Å². The second kappa shape index (κ2) is 8.45. The van der Waals surface area contributed by atoms with Gasteiger partial charge in [-0.1, -0.05) is 24.1 Å². The lowest BCUT2D eigenvalue weighted by Crippen LogP contribution is -2.47. The minimum atomic E-state index is -1.50. The number of rotatable bonds is 7. The third-order valence-electron chi connectivity index (χ3n) is 5.36. The van der Waals surface area contributed by atoms with Gasteiger partial charge in [-0.3, -0.25) is 0 Å². The van der Waals surface area contributed by atoms with E-state index in [-0.39, 0.29) is 5.92 Å². The maximum absolute atomic E-state index is 11.1. The Morgan fingerprint density at radius 1 is 1.21 bits per heavy atom. The normalized spacial score (nSPS) is 22.4. The van der Waals surface area contributed by atoms with Gasteiger partial charge in [-0.05, 0) is 51.7 Å². The van der Waals surface area contributed by atoms with Crippen molar-refractivity contribution in [2.75, 3.05) is 13.2 Å². The standard InChI is InChI=1S/C22H29NO5/c1-14-9-10-18(15(2)11-14)20-23-19(16(3)28-20)8-6-5-7-17-12-26-22(4,21(24)25)27-13-17/h9-11,17H,5-8,12-13H2,1-4H3,(H,24,25)/t17-,22+. The Labute approximate surface area is 165 Å². The average molecular weight is 387 g/mol. The summed E-state index contributed by atoms with van der Waals surface area (Å²) in [5.74, 6) is -0.786. The number of hydrogen-bond donors (Lipinski definition) is 1. The summed E-state index contributed by atoms with van der Waals surface area (Å²) >= 11 is 0.